The van der Waals surface area contributed by atoms with Gasteiger partial charge in [0.05, 0.1) is 5.52 Å². The maximum atomic E-state index is 9.29. The predicted molar refractivity (Wildman–Crippen MR) is 76.8 cm³/mol. The molecular weight excluding hydrogens is 254 g/mol. The molecule has 0 saturated heterocycles. The molecule has 0 spiro atoms. The molecule has 3 N–H and O–H groups in total. The topological polar surface area (TPSA) is 86.7 Å². The number of fused-ring (bicyclic) bond motifs is 1. The Hall–Kier alpha value is -2.47. The van der Waals surface area contributed by atoms with E-state index < -0.39 is 0 Å². The van der Waals surface area contributed by atoms with Crippen LogP contribution in [0.4, 0.5) is 11.6 Å². The standard InChI is InChI=1S/C14H15N5O/c1-8-3-4-10-11(5-8)15-13(7-20)17-14(10)16-12-6-9(2)18-19-12/h3-6,20H,7H2,1-2H3,(H2,15,16,17,18,19). The van der Waals surface area contributed by atoms with Gasteiger partial charge in [0, 0.05) is 17.1 Å². The zero-order chi connectivity index (χ0) is 14.1. The van der Waals surface area contributed by atoms with E-state index in [9.17, 15) is 5.11 Å². The van der Waals surface area contributed by atoms with E-state index in [0.29, 0.717) is 17.5 Å². The van der Waals surface area contributed by atoms with Crippen molar-refractivity contribution < 1.29 is 5.11 Å². The molecule has 3 aromatic rings. The summed E-state index contributed by atoms with van der Waals surface area (Å²) in [6.45, 7) is 3.74. The number of nitrogens with one attached hydrogen (secondary N) is 2. The highest BCUT2D eigenvalue weighted by molar-refractivity contribution is 5.90. The first-order valence-corrected chi connectivity index (χ1v) is 6.33. The van der Waals surface area contributed by atoms with Crippen LogP contribution in [0.1, 0.15) is 17.1 Å². The molecule has 3 rings (SSSR count). The van der Waals surface area contributed by atoms with Gasteiger partial charge in [-0.25, -0.2) is 9.97 Å². The zero-order valence-electron chi connectivity index (χ0n) is 11.3. The Bertz CT molecular complexity index is 765. The first-order valence-electron chi connectivity index (χ1n) is 6.33. The van der Waals surface area contributed by atoms with Crippen molar-refractivity contribution >= 4 is 22.5 Å². The van der Waals surface area contributed by atoms with Crippen LogP contribution in [0.5, 0.6) is 0 Å². The van der Waals surface area contributed by atoms with Crippen LogP contribution in [0.15, 0.2) is 24.3 Å². The van der Waals surface area contributed by atoms with Gasteiger partial charge in [0.2, 0.25) is 0 Å². The number of rotatable bonds is 3. The summed E-state index contributed by atoms with van der Waals surface area (Å²) in [4.78, 5) is 8.66. The van der Waals surface area contributed by atoms with E-state index in [-0.39, 0.29) is 6.61 Å². The molecule has 1 aromatic carbocycles. The summed E-state index contributed by atoms with van der Waals surface area (Å²) in [6.07, 6.45) is 0. The molecule has 6 heteroatoms. The van der Waals surface area contributed by atoms with Crippen LogP contribution in [-0.4, -0.2) is 25.3 Å². The zero-order valence-corrected chi connectivity index (χ0v) is 11.3. The van der Waals surface area contributed by atoms with Crippen LogP contribution >= 0.6 is 0 Å². The summed E-state index contributed by atoms with van der Waals surface area (Å²) in [5.74, 6) is 1.72. The SMILES string of the molecule is Cc1ccc2c(Nc3cc(C)[nH]n3)nc(CO)nc2c1. The van der Waals surface area contributed by atoms with Gasteiger partial charge in [0.25, 0.3) is 0 Å². The number of aromatic nitrogens is 4. The van der Waals surface area contributed by atoms with Crippen molar-refractivity contribution in [1.82, 2.24) is 20.2 Å². The van der Waals surface area contributed by atoms with Gasteiger partial charge < -0.3 is 10.4 Å². The van der Waals surface area contributed by atoms with E-state index in [1.165, 1.54) is 0 Å². The van der Waals surface area contributed by atoms with Crippen molar-refractivity contribution in [2.45, 2.75) is 20.5 Å². The van der Waals surface area contributed by atoms with E-state index in [1.807, 2.05) is 38.1 Å². The van der Waals surface area contributed by atoms with Gasteiger partial charge in [-0.3, -0.25) is 5.10 Å². The number of aliphatic hydroxyl groups is 1. The Kier molecular flexibility index (Phi) is 3.08. The molecule has 0 unspecified atom stereocenters. The average Bonchev–Trinajstić information content (AvgIpc) is 2.83. The Balaban J connectivity index is 2.12. The third-order valence-electron chi connectivity index (χ3n) is 2.99. The molecule has 0 fully saturated rings. The Morgan fingerprint density at radius 1 is 1.20 bits per heavy atom. The molecule has 0 aliphatic carbocycles. The normalized spacial score (nSPS) is 10.9. The van der Waals surface area contributed by atoms with Crippen LogP contribution < -0.4 is 5.32 Å². The van der Waals surface area contributed by atoms with Gasteiger partial charge in [0.1, 0.15) is 12.4 Å². The van der Waals surface area contributed by atoms with Crippen molar-refractivity contribution in [3.05, 3.63) is 41.3 Å². The number of anilines is 2. The summed E-state index contributed by atoms with van der Waals surface area (Å²) in [5.41, 5.74) is 2.88. The molecule has 20 heavy (non-hydrogen) atoms. The number of hydrogen-bond donors (Lipinski definition) is 3. The maximum Gasteiger partial charge on any atom is 0.156 e. The average molecular weight is 269 g/mol. The highest BCUT2D eigenvalue weighted by Crippen LogP contribution is 2.24. The Labute approximate surface area is 115 Å². The predicted octanol–water partition coefficient (Wildman–Crippen LogP) is 2.21. The molecule has 2 heterocycles. The van der Waals surface area contributed by atoms with Gasteiger partial charge in [-0.15, -0.1) is 0 Å². The molecule has 2 aromatic heterocycles. The number of aromatic amines is 1. The van der Waals surface area contributed by atoms with Gasteiger partial charge in [-0.2, -0.15) is 5.10 Å². The van der Waals surface area contributed by atoms with E-state index in [2.05, 4.69) is 25.5 Å². The van der Waals surface area contributed by atoms with Crippen molar-refractivity contribution in [2.75, 3.05) is 5.32 Å². The first kappa shape index (κ1) is 12.6. The first-order chi connectivity index (χ1) is 9.65. The molecule has 0 atom stereocenters. The van der Waals surface area contributed by atoms with Crippen LogP contribution in [0, 0.1) is 13.8 Å². The highest BCUT2D eigenvalue weighted by atomic mass is 16.3. The quantitative estimate of drug-likeness (QED) is 0.678. The second kappa shape index (κ2) is 4.90. The van der Waals surface area contributed by atoms with Gasteiger partial charge in [-0.05, 0) is 31.5 Å². The minimum absolute atomic E-state index is 0.196. The number of aryl methyl sites for hydroxylation is 2. The maximum absolute atomic E-state index is 9.29. The number of H-pyrrole nitrogens is 1. The summed E-state index contributed by atoms with van der Waals surface area (Å²) >= 11 is 0. The fourth-order valence-electron chi connectivity index (χ4n) is 2.06. The lowest BCUT2D eigenvalue weighted by Crippen LogP contribution is -2.02. The van der Waals surface area contributed by atoms with Gasteiger partial charge >= 0.3 is 0 Å². The lowest BCUT2D eigenvalue weighted by atomic mass is 10.1. The van der Waals surface area contributed by atoms with Crippen LogP contribution in [0.2, 0.25) is 0 Å². The molecule has 0 saturated carbocycles. The summed E-state index contributed by atoms with van der Waals surface area (Å²) < 4.78 is 0. The molecule has 0 aliphatic rings. The summed E-state index contributed by atoms with van der Waals surface area (Å²) in [6, 6.07) is 7.83. The molecule has 0 aliphatic heterocycles. The second-order valence-corrected chi connectivity index (χ2v) is 4.73. The Morgan fingerprint density at radius 3 is 2.75 bits per heavy atom. The van der Waals surface area contributed by atoms with E-state index in [0.717, 1.165) is 22.2 Å². The molecule has 6 nitrogen and oxygen atoms in total. The number of nitrogens with zero attached hydrogens (tertiary/aromatic N) is 3. The molecular formula is C14H15N5O. The fraction of sp³-hybridized carbons (Fsp3) is 0.214. The van der Waals surface area contributed by atoms with Gasteiger partial charge in [0.15, 0.2) is 11.6 Å². The van der Waals surface area contributed by atoms with E-state index in [1.54, 1.807) is 0 Å². The van der Waals surface area contributed by atoms with Crippen molar-refractivity contribution in [3.8, 4) is 0 Å². The third-order valence-corrected chi connectivity index (χ3v) is 2.99. The molecule has 0 bridgehead atoms. The van der Waals surface area contributed by atoms with Crippen molar-refractivity contribution in [1.29, 1.82) is 0 Å². The van der Waals surface area contributed by atoms with Crippen LogP contribution in [-0.2, 0) is 6.61 Å². The monoisotopic (exact) mass is 269 g/mol. The van der Waals surface area contributed by atoms with E-state index >= 15 is 0 Å². The molecule has 0 radical (unpaired) electrons. The largest absolute Gasteiger partial charge is 0.388 e. The van der Waals surface area contributed by atoms with Crippen molar-refractivity contribution in [2.24, 2.45) is 0 Å². The lowest BCUT2D eigenvalue weighted by molar-refractivity contribution is 0.272. The summed E-state index contributed by atoms with van der Waals surface area (Å²) in [7, 11) is 0. The molecule has 102 valence electrons. The lowest BCUT2D eigenvalue weighted by Gasteiger charge is -2.08. The third kappa shape index (κ3) is 2.33. The number of benzene rings is 1. The van der Waals surface area contributed by atoms with Crippen LogP contribution in [0.25, 0.3) is 10.9 Å². The van der Waals surface area contributed by atoms with E-state index in [4.69, 9.17) is 0 Å². The minimum atomic E-state index is -0.196. The Morgan fingerprint density at radius 2 is 2.05 bits per heavy atom. The second-order valence-electron chi connectivity index (χ2n) is 4.73. The van der Waals surface area contributed by atoms with Crippen LogP contribution in [0.3, 0.4) is 0 Å². The summed E-state index contributed by atoms with van der Waals surface area (Å²) in [5, 5.41) is 20.3. The number of hydrogen-bond acceptors (Lipinski definition) is 5. The highest BCUT2D eigenvalue weighted by Gasteiger charge is 2.09. The number of aliphatic hydroxyl groups excluding tert-OH is 1. The van der Waals surface area contributed by atoms with Gasteiger partial charge in [-0.1, -0.05) is 6.07 Å². The smallest absolute Gasteiger partial charge is 0.156 e. The molecule has 0 amide bonds. The minimum Gasteiger partial charge on any atom is -0.388 e. The van der Waals surface area contributed by atoms with Crippen molar-refractivity contribution in [3.63, 3.8) is 0 Å². The fourth-order valence-corrected chi connectivity index (χ4v) is 2.06.